The number of carbonyl (C=O) groups is 2. The van der Waals surface area contributed by atoms with Crippen LogP contribution in [0.1, 0.15) is 13.3 Å². The summed E-state index contributed by atoms with van der Waals surface area (Å²) in [5.41, 5.74) is 0. The number of hydrogen-bond acceptors (Lipinski definition) is 5. The van der Waals surface area contributed by atoms with Crippen LogP contribution in [0.5, 0.6) is 0 Å². The van der Waals surface area contributed by atoms with E-state index < -0.39 is 12.1 Å². The van der Waals surface area contributed by atoms with Crippen molar-refractivity contribution in [2.75, 3.05) is 26.9 Å². The first-order chi connectivity index (χ1) is 7.11. The van der Waals surface area contributed by atoms with Crippen molar-refractivity contribution in [1.29, 1.82) is 0 Å². The highest BCUT2D eigenvalue weighted by molar-refractivity contribution is 5.78. The number of hydrogen-bond donors (Lipinski definition) is 2. The Labute approximate surface area is 88.6 Å². The van der Waals surface area contributed by atoms with Gasteiger partial charge in [0.15, 0.2) is 6.10 Å². The van der Waals surface area contributed by atoms with E-state index >= 15 is 0 Å². The van der Waals surface area contributed by atoms with E-state index in [0.29, 0.717) is 13.2 Å². The minimum absolute atomic E-state index is 0.141. The second kappa shape index (κ2) is 8.19. The summed E-state index contributed by atoms with van der Waals surface area (Å²) < 4.78 is 9.24. The van der Waals surface area contributed by atoms with Crippen molar-refractivity contribution >= 4 is 11.9 Å². The van der Waals surface area contributed by atoms with Crippen LogP contribution < -0.4 is 5.32 Å². The number of carbonyl (C=O) groups excluding carboxylic acids is 2. The zero-order chi connectivity index (χ0) is 11.7. The van der Waals surface area contributed by atoms with Gasteiger partial charge in [-0.05, 0) is 6.92 Å². The molecule has 0 saturated carbocycles. The summed E-state index contributed by atoms with van der Waals surface area (Å²) in [6.07, 6.45) is -1.10. The van der Waals surface area contributed by atoms with E-state index in [1.807, 2.05) is 6.92 Å². The van der Waals surface area contributed by atoms with Crippen molar-refractivity contribution in [2.45, 2.75) is 19.4 Å². The van der Waals surface area contributed by atoms with Crippen LogP contribution in [0.3, 0.4) is 0 Å². The van der Waals surface area contributed by atoms with Crippen LogP contribution in [0, 0.1) is 0 Å². The smallest absolute Gasteiger partial charge is 0.336 e. The molecule has 1 atom stereocenters. The van der Waals surface area contributed by atoms with Gasteiger partial charge in [0.05, 0.1) is 20.3 Å². The highest BCUT2D eigenvalue weighted by atomic mass is 16.5. The van der Waals surface area contributed by atoms with Gasteiger partial charge in [-0.1, -0.05) is 0 Å². The van der Waals surface area contributed by atoms with Crippen molar-refractivity contribution in [3.63, 3.8) is 0 Å². The summed E-state index contributed by atoms with van der Waals surface area (Å²) in [6, 6.07) is 0. The molecule has 6 nitrogen and oxygen atoms in total. The summed E-state index contributed by atoms with van der Waals surface area (Å²) in [6.45, 7) is 2.57. The predicted molar refractivity (Wildman–Crippen MR) is 52.1 cm³/mol. The third-order valence-corrected chi connectivity index (χ3v) is 1.64. The molecule has 0 aromatic carbocycles. The van der Waals surface area contributed by atoms with Crippen molar-refractivity contribution in [1.82, 2.24) is 5.32 Å². The highest BCUT2D eigenvalue weighted by Gasteiger charge is 2.15. The van der Waals surface area contributed by atoms with Crippen LogP contribution in [0.4, 0.5) is 0 Å². The third kappa shape index (κ3) is 6.87. The van der Waals surface area contributed by atoms with Crippen molar-refractivity contribution < 1.29 is 24.2 Å². The lowest BCUT2D eigenvalue weighted by Crippen LogP contribution is -2.37. The number of aliphatic hydroxyl groups is 1. The Morgan fingerprint density at radius 2 is 2.13 bits per heavy atom. The summed E-state index contributed by atoms with van der Waals surface area (Å²) in [5, 5.41) is 11.5. The van der Waals surface area contributed by atoms with Gasteiger partial charge in [0, 0.05) is 13.0 Å². The fourth-order valence-corrected chi connectivity index (χ4v) is 0.827. The molecule has 1 amide bonds. The Morgan fingerprint density at radius 3 is 2.67 bits per heavy atom. The number of amides is 1. The Kier molecular flexibility index (Phi) is 7.57. The lowest BCUT2D eigenvalue weighted by Gasteiger charge is -2.09. The Balaban J connectivity index is 3.57. The molecule has 2 N–H and O–H groups in total. The second-order valence-electron chi connectivity index (χ2n) is 2.79. The Hall–Kier alpha value is -1.14. The third-order valence-electron chi connectivity index (χ3n) is 1.64. The topological polar surface area (TPSA) is 84.9 Å². The normalized spacial score (nSPS) is 11.9. The van der Waals surface area contributed by atoms with Crippen LogP contribution in [-0.4, -0.2) is 50.0 Å². The van der Waals surface area contributed by atoms with Crippen LogP contribution in [0.15, 0.2) is 0 Å². The molecular weight excluding hydrogens is 202 g/mol. The standard InChI is InChI=1S/C9H17NO5/c1-3-15-5-4-8(12)10-6-7(11)9(13)14-2/h7,11H,3-6H2,1-2H3,(H,10,12). The lowest BCUT2D eigenvalue weighted by molar-refractivity contribution is -0.150. The molecule has 0 aliphatic heterocycles. The maximum atomic E-state index is 11.1. The van der Waals surface area contributed by atoms with Gasteiger partial charge in [-0.25, -0.2) is 4.79 Å². The number of esters is 1. The Bertz CT molecular complexity index is 207. The van der Waals surface area contributed by atoms with Crippen molar-refractivity contribution in [3.8, 4) is 0 Å². The van der Waals surface area contributed by atoms with Crippen molar-refractivity contribution in [2.24, 2.45) is 0 Å². The minimum Gasteiger partial charge on any atom is -0.467 e. The molecular formula is C9H17NO5. The molecule has 0 saturated heterocycles. The van der Waals surface area contributed by atoms with E-state index in [1.54, 1.807) is 0 Å². The predicted octanol–water partition coefficient (Wildman–Crippen LogP) is -0.937. The van der Waals surface area contributed by atoms with Crippen molar-refractivity contribution in [3.05, 3.63) is 0 Å². The fourth-order valence-electron chi connectivity index (χ4n) is 0.827. The molecule has 6 heteroatoms. The monoisotopic (exact) mass is 219 g/mol. The minimum atomic E-state index is -1.31. The van der Waals surface area contributed by atoms with E-state index in [-0.39, 0.29) is 18.9 Å². The average Bonchev–Trinajstić information content (AvgIpc) is 2.25. The van der Waals surface area contributed by atoms with Crippen LogP contribution >= 0.6 is 0 Å². The molecule has 0 aromatic rings. The second-order valence-corrected chi connectivity index (χ2v) is 2.79. The van der Waals surface area contributed by atoms with Gasteiger partial charge in [-0.3, -0.25) is 4.79 Å². The Morgan fingerprint density at radius 1 is 1.47 bits per heavy atom. The van der Waals surface area contributed by atoms with Gasteiger partial charge < -0.3 is 19.9 Å². The first-order valence-corrected chi connectivity index (χ1v) is 4.72. The van der Waals surface area contributed by atoms with E-state index in [4.69, 9.17) is 9.84 Å². The summed E-state index contributed by atoms with van der Waals surface area (Å²) in [7, 11) is 1.17. The number of aliphatic hydroxyl groups excluding tert-OH is 1. The quantitative estimate of drug-likeness (QED) is 0.426. The summed E-state index contributed by atoms with van der Waals surface area (Å²) in [5.74, 6) is -1.04. The maximum Gasteiger partial charge on any atom is 0.336 e. The van der Waals surface area contributed by atoms with Gasteiger partial charge in [0.1, 0.15) is 0 Å². The van der Waals surface area contributed by atoms with Gasteiger partial charge in [0.25, 0.3) is 0 Å². The summed E-state index contributed by atoms with van der Waals surface area (Å²) in [4.78, 5) is 21.8. The largest absolute Gasteiger partial charge is 0.467 e. The number of rotatable bonds is 7. The molecule has 0 rings (SSSR count). The molecule has 0 radical (unpaired) electrons. The van der Waals surface area contributed by atoms with Gasteiger partial charge in [0.2, 0.25) is 5.91 Å². The zero-order valence-corrected chi connectivity index (χ0v) is 8.99. The summed E-state index contributed by atoms with van der Waals surface area (Å²) >= 11 is 0. The van der Waals surface area contributed by atoms with E-state index in [2.05, 4.69) is 10.1 Å². The van der Waals surface area contributed by atoms with Crippen LogP contribution in [-0.2, 0) is 19.1 Å². The molecule has 15 heavy (non-hydrogen) atoms. The highest BCUT2D eigenvalue weighted by Crippen LogP contribution is 1.87. The SMILES string of the molecule is CCOCCC(=O)NCC(O)C(=O)OC. The average molecular weight is 219 g/mol. The first-order valence-electron chi connectivity index (χ1n) is 4.72. The zero-order valence-electron chi connectivity index (χ0n) is 8.99. The molecule has 0 aliphatic rings. The molecule has 0 fully saturated rings. The first kappa shape index (κ1) is 13.9. The van der Waals surface area contributed by atoms with E-state index in [1.165, 1.54) is 7.11 Å². The van der Waals surface area contributed by atoms with E-state index in [0.717, 1.165) is 0 Å². The van der Waals surface area contributed by atoms with Gasteiger partial charge >= 0.3 is 5.97 Å². The van der Waals surface area contributed by atoms with Crippen LogP contribution in [0.25, 0.3) is 0 Å². The molecule has 1 unspecified atom stereocenters. The maximum absolute atomic E-state index is 11.1. The van der Waals surface area contributed by atoms with Gasteiger partial charge in [-0.2, -0.15) is 0 Å². The molecule has 88 valence electrons. The molecule has 0 aromatic heterocycles. The van der Waals surface area contributed by atoms with E-state index in [9.17, 15) is 9.59 Å². The lowest BCUT2D eigenvalue weighted by atomic mass is 10.3. The molecule has 0 spiro atoms. The molecule has 0 aliphatic carbocycles. The number of ether oxygens (including phenoxy) is 2. The fraction of sp³-hybridized carbons (Fsp3) is 0.778. The van der Waals surface area contributed by atoms with Crippen LogP contribution in [0.2, 0.25) is 0 Å². The molecule has 0 heterocycles. The molecule has 0 bridgehead atoms. The number of nitrogens with one attached hydrogen (secondary N) is 1. The van der Waals surface area contributed by atoms with Gasteiger partial charge in [-0.15, -0.1) is 0 Å². The number of methoxy groups -OCH3 is 1.